The Bertz CT molecular complexity index is 416. The number of carbonyl (C=O) groups excluding carboxylic acids is 1. The standard InChI is InChI=1S/C14H23N3O/c1-5-8-17(10(2)3)13-9-11(15)6-7-12(13)14(18)16-4/h6-7,9-10H,5,8,15H2,1-4H3,(H,16,18). The Hall–Kier alpha value is -1.71. The van der Waals surface area contributed by atoms with Crippen LogP contribution in [-0.4, -0.2) is 25.5 Å². The molecule has 1 amide bonds. The second-order valence-corrected chi connectivity index (χ2v) is 4.64. The summed E-state index contributed by atoms with van der Waals surface area (Å²) in [5.41, 5.74) is 8.11. The lowest BCUT2D eigenvalue weighted by Gasteiger charge is -2.30. The average Bonchev–Trinajstić information content (AvgIpc) is 2.34. The van der Waals surface area contributed by atoms with Gasteiger partial charge in [-0.25, -0.2) is 0 Å². The van der Waals surface area contributed by atoms with E-state index >= 15 is 0 Å². The first-order chi connectivity index (χ1) is 8.51. The number of nitrogen functional groups attached to an aromatic ring is 1. The molecule has 0 atom stereocenters. The fourth-order valence-corrected chi connectivity index (χ4v) is 2.01. The van der Waals surface area contributed by atoms with Gasteiger partial charge in [0, 0.05) is 25.3 Å². The van der Waals surface area contributed by atoms with Crippen LogP contribution in [0.15, 0.2) is 18.2 Å². The average molecular weight is 249 g/mol. The summed E-state index contributed by atoms with van der Waals surface area (Å²) in [5.74, 6) is -0.0771. The number of nitrogens with two attached hydrogens (primary N) is 1. The fraction of sp³-hybridized carbons (Fsp3) is 0.500. The number of nitrogens with zero attached hydrogens (tertiary/aromatic N) is 1. The van der Waals surface area contributed by atoms with Gasteiger partial charge in [-0.1, -0.05) is 6.92 Å². The predicted octanol–water partition coefficient (Wildman–Crippen LogP) is 2.25. The molecular formula is C14H23N3O. The highest BCUT2D eigenvalue weighted by atomic mass is 16.1. The first-order valence-corrected chi connectivity index (χ1v) is 6.39. The number of rotatable bonds is 5. The van der Waals surface area contributed by atoms with E-state index in [1.165, 1.54) is 0 Å². The van der Waals surface area contributed by atoms with Gasteiger partial charge in [0.05, 0.1) is 11.3 Å². The molecule has 3 N–H and O–H groups in total. The summed E-state index contributed by atoms with van der Waals surface area (Å²) in [6, 6.07) is 5.75. The van der Waals surface area contributed by atoms with Gasteiger partial charge in [0.25, 0.3) is 5.91 Å². The first kappa shape index (κ1) is 14.4. The van der Waals surface area contributed by atoms with Gasteiger partial charge in [0.2, 0.25) is 0 Å². The van der Waals surface area contributed by atoms with Crippen LogP contribution in [0.3, 0.4) is 0 Å². The second kappa shape index (κ2) is 6.28. The molecule has 0 saturated heterocycles. The van der Waals surface area contributed by atoms with E-state index in [-0.39, 0.29) is 5.91 Å². The van der Waals surface area contributed by atoms with Gasteiger partial charge in [0.15, 0.2) is 0 Å². The van der Waals surface area contributed by atoms with Gasteiger partial charge in [-0.3, -0.25) is 4.79 Å². The molecule has 1 rings (SSSR count). The van der Waals surface area contributed by atoms with E-state index in [1.807, 2.05) is 6.07 Å². The highest BCUT2D eigenvalue weighted by Crippen LogP contribution is 2.25. The zero-order chi connectivity index (χ0) is 13.7. The van der Waals surface area contributed by atoms with Crippen molar-refractivity contribution in [3.05, 3.63) is 23.8 Å². The Labute approximate surface area is 109 Å². The van der Waals surface area contributed by atoms with Crippen molar-refractivity contribution in [1.82, 2.24) is 5.32 Å². The van der Waals surface area contributed by atoms with Crippen molar-refractivity contribution in [2.75, 3.05) is 24.2 Å². The molecule has 1 aromatic rings. The van der Waals surface area contributed by atoms with Crippen LogP contribution in [0.2, 0.25) is 0 Å². The van der Waals surface area contributed by atoms with Crippen LogP contribution in [0.1, 0.15) is 37.6 Å². The maximum absolute atomic E-state index is 11.9. The van der Waals surface area contributed by atoms with Crippen LogP contribution in [0, 0.1) is 0 Å². The van der Waals surface area contributed by atoms with Crippen LogP contribution in [0.4, 0.5) is 11.4 Å². The third-order valence-corrected chi connectivity index (χ3v) is 2.89. The van der Waals surface area contributed by atoms with Crippen molar-refractivity contribution < 1.29 is 4.79 Å². The Balaban J connectivity index is 3.25. The lowest BCUT2D eigenvalue weighted by molar-refractivity contribution is 0.0963. The van der Waals surface area contributed by atoms with Crippen molar-refractivity contribution in [2.24, 2.45) is 0 Å². The van der Waals surface area contributed by atoms with Gasteiger partial charge >= 0.3 is 0 Å². The third kappa shape index (κ3) is 3.15. The number of benzene rings is 1. The van der Waals surface area contributed by atoms with Crippen molar-refractivity contribution in [3.8, 4) is 0 Å². The van der Waals surface area contributed by atoms with Crippen LogP contribution in [0.5, 0.6) is 0 Å². The van der Waals surface area contributed by atoms with Gasteiger partial charge in [0.1, 0.15) is 0 Å². The van der Waals surface area contributed by atoms with Crippen molar-refractivity contribution >= 4 is 17.3 Å². The summed E-state index contributed by atoms with van der Waals surface area (Å²) in [6.07, 6.45) is 1.03. The van der Waals surface area contributed by atoms with Gasteiger partial charge < -0.3 is 16.0 Å². The molecule has 0 aliphatic heterocycles. The largest absolute Gasteiger partial charge is 0.399 e. The molecule has 0 heterocycles. The van der Waals surface area contributed by atoms with Crippen LogP contribution in [-0.2, 0) is 0 Å². The number of amides is 1. The fourth-order valence-electron chi connectivity index (χ4n) is 2.01. The summed E-state index contributed by atoms with van der Waals surface area (Å²) in [4.78, 5) is 14.1. The molecule has 0 unspecified atom stereocenters. The summed E-state index contributed by atoms with van der Waals surface area (Å²) in [6.45, 7) is 7.27. The van der Waals surface area contributed by atoms with E-state index < -0.39 is 0 Å². The predicted molar refractivity (Wildman–Crippen MR) is 77.0 cm³/mol. The molecule has 0 fully saturated rings. The van der Waals surface area contributed by atoms with Crippen molar-refractivity contribution in [2.45, 2.75) is 33.2 Å². The topological polar surface area (TPSA) is 58.4 Å². The highest BCUT2D eigenvalue weighted by Gasteiger charge is 2.17. The summed E-state index contributed by atoms with van der Waals surface area (Å²) in [5, 5.41) is 2.67. The normalized spacial score (nSPS) is 10.5. The number of anilines is 2. The molecule has 0 radical (unpaired) electrons. The smallest absolute Gasteiger partial charge is 0.253 e. The molecule has 4 nitrogen and oxygen atoms in total. The number of carbonyl (C=O) groups is 1. The van der Waals surface area contributed by atoms with E-state index in [4.69, 9.17) is 5.73 Å². The molecule has 100 valence electrons. The first-order valence-electron chi connectivity index (χ1n) is 6.39. The Morgan fingerprint density at radius 3 is 2.61 bits per heavy atom. The number of hydrogen-bond donors (Lipinski definition) is 2. The number of hydrogen-bond acceptors (Lipinski definition) is 3. The Kier molecular flexibility index (Phi) is 5.01. The minimum atomic E-state index is -0.0771. The quantitative estimate of drug-likeness (QED) is 0.787. The molecule has 4 heteroatoms. The molecule has 0 aromatic heterocycles. The SMILES string of the molecule is CCCN(c1cc(N)ccc1C(=O)NC)C(C)C. The maximum Gasteiger partial charge on any atom is 0.253 e. The molecule has 0 bridgehead atoms. The number of nitrogens with one attached hydrogen (secondary N) is 1. The zero-order valence-electron chi connectivity index (χ0n) is 11.7. The minimum absolute atomic E-state index is 0.0771. The molecular weight excluding hydrogens is 226 g/mol. The van der Waals surface area contributed by atoms with Gasteiger partial charge in [-0.15, -0.1) is 0 Å². The minimum Gasteiger partial charge on any atom is -0.399 e. The highest BCUT2D eigenvalue weighted by molar-refractivity contribution is 6.00. The Morgan fingerprint density at radius 2 is 2.11 bits per heavy atom. The van der Waals surface area contributed by atoms with Gasteiger partial charge in [-0.05, 0) is 38.5 Å². The van der Waals surface area contributed by atoms with E-state index in [1.54, 1.807) is 19.2 Å². The van der Waals surface area contributed by atoms with E-state index in [0.29, 0.717) is 17.3 Å². The maximum atomic E-state index is 11.9. The van der Waals surface area contributed by atoms with Crippen LogP contribution >= 0.6 is 0 Å². The second-order valence-electron chi connectivity index (χ2n) is 4.64. The zero-order valence-corrected chi connectivity index (χ0v) is 11.7. The van der Waals surface area contributed by atoms with E-state index in [2.05, 4.69) is 31.0 Å². The molecule has 0 saturated carbocycles. The van der Waals surface area contributed by atoms with E-state index in [9.17, 15) is 4.79 Å². The third-order valence-electron chi connectivity index (χ3n) is 2.89. The van der Waals surface area contributed by atoms with Crippen LogP contribution < -0.4 is 16.0 Å². The summed E-state index contributed by atoms with van der Waals surface area (Å²) >= 11 is 0. The molecule has 0 aliphatic rings. The molecule has 0 aliphatic carbocycles. The summed E-state index contributed by atoms with van der Waals surface area (Å²) < 4.78 is 0. The lowest BCUT2D eigenvalue weighted by atomic mass is 10.1. The Morgan fingerprint density at radius 1 is 1.44 bits per heavy atom. The van der Waals surface area contributed by atoms with E-state index in [0.717, 1.165) is 18.7 Å². The van der Waals surface area contributed by atoms with Gasteiger partial charge in [-0.2, -0.15) is 0 Å². The summed E-state index contributed by atoms with van der Waals surface area (Å²) in [7, 11) is 1.64. The monoisotopic (exact) mass is 249 g/mol. The van der Waals surface area contributed by atoms with Crippen LogP contribution in [0.25, 0.3) is 0 Å². The lowest BCUT2D eigenvalue weighted by Crippen LogP contribution is -2.34. The molecule has 0 spiro atoms. The van der Waals surface area contributed by atoms with Crippen molar-refractivity contribution in [1.29, 1.82) is 0 Å². The molecule has 18 heavy (non-hydrogen) atoms. The van der Waals surface area contributed by atoms with Crippen molar-refractivity contribution in [3.63, 3.8) is 0 Å². The molecule has 1 aromatic carbocycles.